The Bertz CT molecular complexity index is 183. The van der Waals surface area contributed by atoms with Crippen LogP contribution in [0.25, 0.3) is 0 Å². The van der Waals surface area contributed by atoms with E-state index in [0.717, 1.165) is 19.1 Å². The van der Waals surface area contributed by atoms with Gasteiger partial charge in [-0.3, -0.25) is 4.90 Å². The Morgan fingerprint density at radius 3 is 3.08 bits per heavy atom. The summed E-state index contributed by atoms with van der Waals surface area (Å²) >= 11 is 0. The molecule has 2 rings (SSSR count). The molecule has 2 aliphatic rings. The summed E-state index contributed by atoms with van der Waals surface area (Å²) in [5, 5.41) is 0. The van der Waals surface area contributed by atoms with Crippen molar-refractivity contribution in [1.82, 2.24) is 4.90 Å². The van der Waals surface area contributed by atoms with Gasteiger partial charge < -0.3 is 4.74 Å². The molecule has 1 saturated heterocycles. The maximum absolute atomic E-state index is 5.16. The number of nitrogens with zero attached hydrogens (tertiary/aromatic N) is 1. The highest BCUT2D eigenvalue weighted by molar-refractivity contribution is 5.09. The van der Waals surface area contributed by atoms with Gasteiger partial charge in [0.05, 0.1) is 6.61 Å². The van der Waals surface area contributed by atoms with Crippen LogP contribution in [-0.2, 0) is 4.74 Å². The summed E-state index contributed by atoms with van der Waals surface area (Å²) in [6, 6.07) is 0. The number of fused-ring (bicyclic) bond motifs is 1. The van der Waals surface area contributed by atoms with E-state index in [2.05, 4.69) is 11.8 Å². The molecule has 2 heteroatoms. The Balaban J connectivity index is 1.91. The van der Waals surface area contributed by atoms with Crippen molar-refractivity contribution in [3.8, 4) is 0 Å². The number of likely N-dealkylation sites (tertiary alicyclic amines) is 1. The zero-order valence-corrected chi connectivity index (χ0v) is 8.88. The first-order valence-electron chi connectivity index (χ1n) is 5.51. The maximum atomic E-state index is 5.16. The van der Waals surface area contributed by atoms with Gasteiger partial charge in [0.25, 0.3) is 0 Å². The van der Waals surface area contributed by atoms with Crippen molar-refractivity contribution in [3.05, 3.63) is 0 Å². The molecule has 2 fully saturated rings. The number of hydrogen-bond donors (Lipinski definition) is 0. The minimum Gasteiger partial charge on any atom is -0.383 e. The second-order valence-electron chi connectivity index (χ2n) is 4.73. The summed E-state index contributed by atoms with van der Waals surface area (Å²) in [7, 11) is 1.80. The summed E-state index contributed by atoms with van der Waals surface area (Å²) in [5.41, 5.74) is 0.551. The highest BCUT2D eigenvalue weighted by Crippen LogP contribution is 2.52. The standard InChI is InChI=1S/C11H21NO/c1-11-9-10(11)5-3-4-6-12(11)7-8-13-2/h10H,3-9H2,1-2H3. The molecule has 76 valence electrons. The van der Waals surface area contributed by atoms with Crippen LogP contribution in [0.3, 0.4) is 0 Å². The SMILES string of the molecule is COCCN1CCCCC2CC21C. The lowest BCUT2D eigenvalue weighted by Gasteiger charge is -2.28. The van der Waals surface area contributed by atoms with E-state index in [1.807, 2.05) is 0 Å². The Kier molecular flexibility index (Phi) is 2.61. The highest BCUT2D eigenvalue weighted by Gasteiger charge is 2.53. The van der Waals surface area contributed by atoms with Gasteiger partial charge in [0.2, 0.25) is 0 Å². The van der Waals surface area contributed by atoms with E-state index in [4.69, 9.17) is 4.74 Å². The van der Waals surface area contributed by atoms with Gasteiger partial charge in [-0.1, -0.05) is 6.42 Å². The van der Waals surface area contributed by atoms with E-state index >= 15 is 0 Å². The fourth-order valence-corrected chi connectivity index (χ4v) is 2.76. The topological polar surface area (TPSA) is 12.5 Å². The molecule has 0 aromatic rings. The lowest BCUT2D eigenvalue weighted by atomic mass is 10.1. The van der Waals surface area contributed by atoms with Crippen LogP contribution in [-0.4, -0.2) is 37.2 Å². The number of hydrogen-bond acceptors (Lipinski definition) is 2. The van der Waals surface area contributed by atoms with Gasteiger partial charge in [0.15, 0.2) is 0 Å². The predicted molar refractivity (Wildman–Crippen MR) is 53.8 cm³/mol. The van der Waals surface area contributed by atoms with Crippen molar-refractivity contribution in [1.29, 1.82) is 0 Å². The molecule has 1 heterocycles. The minimum absolute atomic E-state index is 0.551. The van der Waals surface area contributed by atoms with Gasteiger partial charge in [0.1, 0.15) is 0 Å². The molecule has 2 atom stereocenters. The van der Waals surface area contributed by atoms with Crippen LogP contribution in [0, 0.1) is 5.92 Å². The summed E-state index contributed by atoms with van der Waals surface area (Å²) in [6.45, 7) is 5.74. The number of rotatable bonds is 3. The Morgan fingerprint density at radius 1 is 1.46 bits per heavy atom. The van der Waals surface area contributed by atoms with Crippen molar-refractivity contribution in [2.45, 2.75) is 38.1 Å². The first-order chi connectivity index (χ1) is 6.27. The molecule has 1 aliphatic heterocycles. The Hall–Kier alpha value is -0.0800. The molecule has 13 heavy (non-hydrogen) atoms. The summed E-state index contributed by atoms with van der Waals surface area (Å²) in [5.74, 6) is 0.992. The monoisotopic (exact) mass is 183 g/mol. The number of ether oxygens (including phenoxy) is 1. The molecule has 0 aromatic carbocycles. The molecule has 0 radical (unpaired) electrons. The fraction of sp³-hybridized carbons (Fsp3) is 1.00. The van der Waals surface area contributed by atoms with Gasteiger partial charge in [-0.25, -0.2) is 0 Å². The van der Waals surface area contributed by atoms with Crippen LogP contribution >= 0.6 is 0 Å². The lowest BCUT2D eigenvalue weighted by Crippen LogP contribution is -2.38. The molecule has 0 bridgehead atoms. The van der Waals surface area contributed by atoms with Gasteiger partial charge in [-0.15, -0.1) is 0 Å². The fourth-order valence-electron chi connectivity index (χ4n) is 2.76. The van der Waals surface area contributed by atoms with Crippen LogP contribution in [0.1, 0.15) is 32.6 Å². The predicted octanol–water partition coefficient (Wildman–Crippen LogP) is 1.90. The van der Waals surface area contributed by atoms with Crippen LogP contribution in [0.2, 0.25) is 0 Å². The van der Waals surface area contributed by atoms with Crippen LogP contribution < -0.4 is 0 Å². The van der Waals surface area contributed by atoms with Crippen LogP contribution in [0.15, 0.2) is 0 Å². The molecular formula is C11H21NO. The first kappa shape index (κ1) is 9.47. The van der Waals surface area contributed by atoms with Crippen LogP contribution in [0.4, 0.5) is 0 Å². The molecule has 2 nitrogen and oxygen atoms in total. The largest absolute Gasteiger partial charge is 0.383 e. The summed E-state index contributed by atoms with van der Waals surface area (Å²) in [4.78, 5) is 2.65. The maximum Gasteiger partial charge on any atom is 0.0589 e. The second kappa shape index (κ2) is 3.58. The average molecular weight is 183 g/mol. The summed E-state index contributed by atoms with van der Waals surface area (Å²) < 4.78 is 5.16. The van der Waals surface area contributed by atoms with E-state index in [1.54, 1.807) is 7.11 Å². The zero-order valence-electron chi connectivity index (χ0n) is 8.88. The Labute approximate surface area is 81.3 Å². The molecule has 0 aromatic heterocycles. The van der Waals surface area contributed by atoms with E-state index in [9.17, 15) is 0 Å². The van der Waals surface area contributed by atoms with Gasteiger partial charge in [-0.2, -0.15) is 0 Å². The van der Waals surface area contributed by atoms with E-state index in [1.165, 1.54) is 32.2 Å². The number of methoxy groups -OCH3 is 1. The van der Waals surface area contributed by atoms with E-state index < -0.39 is 0 Å². The lowest BCUT2D eigenvalue weighted by molar-refractivity contribution is 0.114. The second-order valence-corrected chi connectivity index (χ2v) is 4.73. The molecule has 0 N–H and O–H groups in total. The zero-order chi connectivity index (χ0) is 9.31. The normalized spacial score (nSPS) is 39.7. The Morgan fingerprint density at radius 2 is 2.31 bits per heavy atom. The molecular weight excluding hydrogens is 162 g/mol. The molecule has 1 saturated carbocycles. The van der Waals surface area contributed by atoms with Crippen molar-refractivity contribution in [2.24, 2.45) is 5.92 Å². The van der Waals surface area contributed by atoms with E-state index in [0.29, 0.717) is 5.54 Å². The van der Waals surface area contributed by atoms with E-state index in [-0.39, 0.29) is 0 Å². The van der Waals surface area contributed by atoms with Gasteiger partial charge in [0, 0.05) is 19.2 Å². The molecule has 0 spiro atoms. The molecule has 0 amide bonds. The molecule has 2 unspecified atom stereocenters. The average Bonchev–Trinajstić information content (AvgIpc) is 2.77. The van der Waals surface area contributed by atoms with Gasteiger partial charge in [-0.05, 0) is 38.6 Å². The minimum atomic E-state index is 0.551. The third-order valence-corrected chi connectivity index (χ3v) is 3.90. The van der Waals surface area contributed by atoms with Crippen molar-refractivity contribution < 1.29 is 4.74 Å². The van der Waals surface area contributed by atoms with Crippen molar-refractivity contribution >= 4 is 0 Å². The smallest absolute Gasteiger partial charge is 0.0589 e. The van der Waals surface area contributed by atoms with Crippen LogP contribution in [0.5, 0.6) is 0 Å². The third-order valence-electron chi connectivity index (χ3n) is 3.90. The first-order valence-corrected chi connectivity index (χ1v) is 5.51. The highest BCUT2D eigenvalue weighted by atomic mass is 16.5. The quantitative estimate of drug-likeness (QED) is 0.662. The summed E-state index contributed by atoms with van der Waals surface area (Å²) in [6.07, 6.45) is 5.70. The molecule has 1 aliphatic carbocycles. The third kappa shape index (κ3) is 1.75. The van der Waals surface area contributed by atoms with Crippen molar-refractivity contribution in [2.75, 3.05) is 26.8 Å². The van der Waals surface area contributed by atoms with Crippen molar-refractivity contribution in [3.63, 3.8) is 0 Å². The van der Waals surface area contributed by atoms with Gasteiger partial charge >= 0.3 is 0 Å².